The van der Waals surface area contributed by atoms with Gasteiger partial charge in [0.25, 0.3) is 5.56 Å². The van der Waals surface area contributed by atoms with Crippen molar-refractivity contribution in [3.05, 3.63) is 77.4 Å². The van der Waals surface area contributed by atoms with Crippen LogP contribution in [-0.4, -0.2) is 31.9 Å². The van der Waals surface area contributed by atoms with E-state index in [0.29, 0.717) is 27.9 Å². The molecule has 36 heavy (non-hydrogen) atoms. The number of benzene rings is 2. The second kappa shape index (κ2) is 9.65. The third-order valence-corrected chi connectivity index (χ3v) is 6.43. The summed E-state index contributed by atoms with van der Waals surface area (Å²) in [6, 6.07) is 13.2. The molecular formula is C26H25FN6O3. The summed E-state index contributed by atoms with van der Waals surface area (Å²) < 4.78 is 21.3. The van der Waals surface area contributed by atoms with Crippen LogP contribution in [0.3, 0.4) is 0 Å². The Morgan fingerprint density at radius 1 is 1.17 bits per heavy atom. The van der Waals surface area contributed by atoms with Gasteiger partial charge in [0.05, 0.1) is 11.4 Å². The highest BCUT2D eigenvalue weighted by Gasteiger charge is 2.28. The molecule has 1 amide bonds. The minimum Gasteiger partial charge on any atom is -0.454 e. The molecule has 0 bridgehead atoms. The number of carbonyl (C=O) groups is 1. The minimum absolute atomic E-state index is 0.0373. The number of para-hydroxylation sites is 1. The van der Waals surface area contributed by atoms with Crippen LogP contribution in [0.5, 0.6) is 11.5 Å². The Labute approximate surface area is 205 Å². The topological polar surface area (TPSA) is 128 Å². The summed E-state index contributed by atoms with van der Waals surface area (Å²) in [5.41, 5.74) is 7.42. The molecule has 0 aliphatic heterocycles. The number of hydrogen-bond acceptors (Lipinski definition) is 6. The number of nitrogens with zero attached hydrogens (tertiary/aromatic N) is 3. The van der Waals surface area contributed by atoms with E-state index in [9.17, 15) is 14.0 Å². The smallest absolute Gasteiger partial charge is 0.290 e. The maximum absolute atomic E-state index is 13.9. The van der Waals surface area contributed by atoms with Gasteiger partial charge in [0.15, 0.2) is 17.4 Å². The van der Waals surface area contributed by atoms with Gasteiger partial charge in [-0.25, -0.2) is 9.49 Å². The molecule has 184 valence electrons. The molecule has 1 fully saturated rings. The van der Waals surface area contributed by atoms with Crippen LogP contribution in [-0.2, 0) is 4.79 Å². The first kappa shape index (κ1) is 23.3. The van der Waals surface area contributed by atoms with Gasteiger partial charge >= 0.3 is 0 Å². The number of amides is 1. The first-order valence-corrected chi connectivity index (χ1v) is 11.7. The van der Waals surface area contributed by atoms with Crippen LogP contribution in [0, 0.1) is 5.82 Å². The molecule has 2 aromatic heterocycles. The second-order valence-electron chi connectivity index (χ2n) is 8.73. The zero-order valence-electron chi connectivity index (χ0n) is 19.4. The highest BCUT2D eigenvalue weighted by Crippen LogP contribution is 2.36. The van der Waals surface area contributed by atoms with Crippen molar-refractivity contribution in [3.8, 4) is 22.8 Å². The molecule has 1 aliphatic rings. The zero-order valence-corrected chi connectivity index (χ0v) is 19.4. The first-order chi connectivity index (χ1) is 17.4. The Morgan fingerprint density at radius 2 is 1.89 bits per heavy atom. The molecule has 0 atom stereocenters. The number of H-pyrrole nitrogens is 1. The van der Waals surface area contributed by atoms with Crippen molar-refractivity contribution in [2.75, 3.05) is 5.73 Å². The van der Waals surface area contributed by atoms with Crippen molar-refractivity contribution in [1.82, 2.24) is 25.3 Å². The number of fused-ring (bicyclic) bond motifs is 1. The highest BCUT2D eigenvalue weighted by atomic mass is 19.1. The van der Waals surface area contributed by atoms with Crippen LogP contribution < -0.4 is 21.3 Å². The van der Waals surface area contributed by atoms with Gasteiger partial charge in [-0.2, -0.15) is 10.2 Å². The molecule has 9 nitrogen and oxygen atoms in total. The van der Waals surface area contributed by atoms with E-state index >= 15 is 0 Å². The van der Waals surface area contributed by atoms with E-state index in [-0.39, 0.29) is 35.1 Å². The predicted molar refractivity (Wildman–Crippen MR) is 134 cm³/mol. The fourth-order valence-corrected chi connectivity index (χ4v) is 4.64. The molecule has 0 spiro atoms. The lowest BCUT2D eigenvalue weighted by atomic mass is 9.91. The summed E-state index contributed by atoms with van der Waals surface area (Å²) in [5.74, 6) is 0.104. The number of nitrogen functional groups attached to an aromatic ring is 1. The van der Waals surface area contributed by atoms with E-state index < -0.39 is 5.82 Å². The molecule has 4 aromatic rings. The number of aromatic nitrogens is 4. The SMILES string of the molecule is C=CC(=O)N[C@H]1CC[C@@H](n2nc(-c3ccc(Oc4ccccc4F)cc3)c3c(N)n[nH]c(=O)c32)CC1. The summed E-state index contributed by atoms with van der Waals surface area (Å²) in [7, 11) is 0. The van der Waals surface area contributed by atoms with Crippen molar-refractivity contribution >= 4 is 22.6 Å². The lowest BCUT2D eigenvalue weighted by Gasteiger charge is -2.29. The van der Waals surface area contributed by atoms with Crippen LogP contribution in [0.1, 0.15) is 31.7 Å². The number of nitrogens with two attached hydrogens (primary N) is 1. The Morgan fingerprint density at radius 3 is 2.58 bits per heavy atom. The fraction of sp³-hybridized carbons (Fsp3) is 0.231. The molecule has 0 unspecified atom stereocenters. The second-order valence-corrected chi connectivity index (χ2v) is 8.73. The number of ether oxygens (including phenoxy) is 1. The molecule has 0 radical (unpaired) electrons. The lowest BCUT2D eigenvalue weighted by Crippen LogP contribution is -2.37. The first-order valence-electron chi connectivity index (χ1n) is 11.7. The molecule has 10 heteroatoms. The van der Waals surface area contributed by atoms with Gasteiger partial charge < -0.3 is 15.8 Å². The summed E-state index contributed by atoms with van der Waals surface area (Å²) in [4.78, 5) is 24.5. The summed E-state index contributed by atoms with van der Waals surface area (Å²) in [6.45, 7) is 3.50. The van der Waals surface area contributed by atoms with Gasteiger partial charge in [-0.1, -0.05) is 18.7 Å². The molecule has 1 aliphatic carbocycles. The number of carbonyl (C=O) groups excluding carboxylic acids is 1. The summed E-state index contributed by atoms with van der Waals surface area (Å²) in [6.07, 6.45) is 4.23. The third-order valence-electron chi connectivity index (χ3n) is 6.43. The van der Waals surface area contributed by atoms with Crippen molar-refractivity contribution in [1.29, 1.82) is 0 Å². The van der Waals surface area contributed by atoms with Gasteiger partial charge in [-0.15, -0.1) is 0 Å². The van der Waals surface area contributed by atoms with Gasteiger partial charge in [0, 0.05) is 11.6 Å². The van der Waals surface area contributed by atoms with E-state index in [1.165, 1.54) is 12.1 Å². The van der Waals surface area contributed by atoms with Gasteiger partial charge in [0.1, 0.15) is 17.0 Å². The van der Waals surface area contributed by atoms with Crippen LogP contribution in [0.4, 0.5) is 10.2 Å². The van der Waals surface area contributed by atoms with Crippen molar-refractivity contribution in [3.63, 3.8) is 0 Å². The Balaban J connectivity index is 1.46. The molecule has 5 rings (SSSR count). The van der Waals surface area contributed by atoms with E-state index in [0.717, 1.165) is 25.7 Å². The number of aromatic amines is 1. The van der Waals surface area contributed by atoms with Crippen molar-refractivity contribution in [2.45, 2.75) is 37.8 Å². The average molecular weight is 489 g/mol. The Hall–Kier alpha value is -4.47. The largest absolute Gasteiger partial charge is 0.454 e. The minimum atomic E-state index is -0.455. The maximum Gasteiger partial charge on any atom is 0.290 e. The fourth-order valence-electron chi connectivity index (χ4n) is 4.64. The van der Waals surface area contributed by atoms with Gasteiger partial charge in [-0.3, -0.25) is 14.3 Å². The maximum atomic E-state index is 13.9. The summed E-state index contributed by atoms with van der Waals surface area (Å²) in [5, 5.41) is 14.6. The van der Waals surface area contributed by atoms with Crippen LogP contribution in [0.25, 0.3) is 22.2 Å². The number of rotatable bonds is 6. The number of halogens is 1. The normalized spacial score (nSPS) is 17.6. The van der Waals surface area contributed by atoms with Crippen LogP contribution in [0.2, 0.25) is 0 Å². The van der Waals surface area contributed by atoms with E-state index in [1.54, 1.807) is 47.1 Å². The lowest BCUT2D eigenvalue weighted by molar-refractivity contribution is -0.117. The van der Waals surface area contributed by atoms with Crippen LogP contribution >= 0.6 is 0 Å². The van der Waals surface area contributed by atoms with E-state index in [4.69, 9.17) is 15.6 Å². The quantitative estimate of drug-likeness (QED) is 0.351. The molecular weight excluding hydrogens is 463 g/mol. The Bertz CT molecular complexity index is 1490. The molecule has 4 N–H and O–H groups in total. The number of nitrogens with one attached hydrogen (secondary N) is 2. The monoisotopic (exact) mass is 488 g/mol. The highest BCUT2D eigenvalue weighted by molar-refractivity contribution is 5.99. The van der Waals surface area contributed by atoms with Gasteiger partial charge in [-0.05, 0) is 68.2 Å². The van der Waals surface area contributed by atoms with Crippen molar-refractivity contribution < 1.29 is 13.9 Å². The molecule has 2 aromatic carbocycles. The predicted octanol–water partition coefficient (Wildman–Crippen LogP) is 4.09. The van der Waals surface area contributed by atoms with E-state index in [1.807, 2.05) is 0 Å². The van der Waals surface area contributed by atoms with Crippen molar-refractivity contribution in [2.24, 2.45) is 0 Å². The molecule has 0 saturated heterocycles. The van der Waals surface area contributed by atoms with E-state index in [2.05, 4.69) is 22.1 Å². The van der Waals surface area contributed by atoms with Gasteiger partial charge in [0.2, 0.25) is 5.91 Å². The summed E-state index contributed by atoms with van der Waals surface area (Å²) >= 11 is 0. The zero-order chi connectivity index (χ0) is 25.2. The number of hydrogen-bond donors (Lipinski definition) is 3. The third kappa shape index (κ3) is 4.45. The standard InChI is InChI=1S/C26H25FN6O3/c1-2-21(34)29-16-9-11-17(12-10-16)33-24-22(25(28)30-31-26(24)35)23(32-33)15-7-13-18(14-8-15)36-20-6-4-3-5-19(20)27/h2-8,13-14,16-17H,1,9-12H2,(H2,28,30)(H,29,34)(H,31,35)/t16-,17+. The Kier molecular flexibility index (Phi) is 6.24. The molecule has 2 heterocycles. The van der Waals surface area contributed by atoms with Crippen LogP contribution in [0.15, 0.2) is 66.0 Å². The number of anilines is 1. The molecule has 1 saturated carbocycles. The average Bonchev–Trinajstić information content (AvgIpc) is 3.30.